The van der Waals surface area contributed by atoms with E-state index in [2.05, 4.69) is 26.0 Å². The zero-order valence-electron chi connectivity index (χ0n) is 11.7. The van der Waals surface area contributed by atoms with Crippen molar-refractivity contribution in [1.29, 1.82) is 0 Å². The molecule has 1 aromatic carbocycles. The molecule has 0 aliphatic heterocycles. The number of nitrogens with one attached hydrogen (secondary N) is 1. The normalized spacial score (nSPS) is 11.6. The second kappa shape index (κ2) is 7.89. The van der Waals surface area contributed by atoms with Crippen LogP contribution >= 0.6 is 15.9 Å². The van der Waals surface area contributed by atoms with E-state index >= 15 is 0 Å². The Bertz CT molecular complexity index is 490. The second-order valence-electron chi connectivity index (χ2n) is 4.19. The first-order valence-corrected chi connectivity index (χ1v) is 7.05. The zero-order chi connectivity index (χ0) is 15.1. The minimum absolute atomic E-state index is 0.334. The Morgan fingerprint density at radius 3 is 2.60 bits per heavy atom. The van der Waals surface area contributed by atoms with Crippen molar-refractivity contribution in [3.05, 3.63) is 28.2 Å². The second-order valence-corrected chi connectivity index (χ2v) is 5.04. The van der Waals surface area contributed by atoms with E-state index in [4.69, 9.17) is 4.74 Å². The van der Waals surface area contributed by atoms with Gasteiger partial charge in [0.15, 0.2) is 0 Å². The maximum absolute atomic E-state index is 12.1. The number of carbonyl (C=O) groups excluding carboxylic acids is 2. The van der Waals surface area contributed by atoms with Crippen molar-refractivity contribution in [1.82, 2.24) is 5.32 Å². The number of esters is 1. The van der Waals surface area contributed by atoms with Crippen LogP contribution < -0.4 is 10.1 Å². The van der Waals surface area contributed by atoms with Gasteiger partial charge in [0.25, 0.3) is 5.91 Å². The van der Waals surface area contributed by atoms with Crippen LogP contribution in [0.2, 0.25) is 0 Å². The SMILES string of the molecule is CCC[C@H](NC(=O)c1ccc(Br)c(OC)c1)C(=O)OC. The lowest BCUT2D eigenvalue weighted by molar-refractivity contribution is -0.143. The molecule has 0 heterocycles. The third-order valence-electron chi connectivity index (χ3n) is 2.78. The number of rotatable bonds is 6. The highest BCUT2D eigenvalue weighted by atomic mass is 79.9. The fraction of sp³-hybridized carbons (Fsp3) is 0.429. The predicted octanol–water partition coefficient (Wildman–Crippen LogP) is 2.53. The lowest BCUT2D eigenvalue weighted by Gasteiger charge is -2.16. The summed E-state index contributed by atoms with van der Waals surface area (Å²) in [6, 6.07) is 4.36. The van der Waals surface area contributed by atoms with Crippen LogP contribution in [0, 0.1) is 0 Å². The molecular weight excluding hydrogens is 326 g/mol. The summed E-state index contributed by atoms with van der Waals surface area (Å²) in [5, 5.41) is 2.67. The Kier molecular flexibility index (Phi) is 6.51. The van der Waals surface area contributed by atoms with Crippen molar-refractivity contribution >= 4 is 27.8 Å². The van der Waals surface area contributed by atoms with Gasteiger partial charge in [-0.05, 0) is 40.5 Å². The molecule has 1 rings (SSSR count). The van der Waals surface area contributed by atoms with Crippen molar-refractivity contribution < 1.29 is 19.1 Å². The third kappa shape index (κ3) is 4.23. The summed E-state index contributed by atoms with van der Waals surface area (Å²) in [6.07, 6.45) is 1.30. The summed E-state index contributed by atoms with van der Waals surface area (Å²) in [7, 11) is 2.83. The molecule has 1 aromatic rings. The summed E-state index contributed by atoms with van der Waals surface area (Å²) in [5.74, 6) is -0.216. The largest absolute Gasteiger partial charge is 0.496 e. The zero-order valence-corrected chi connectivity index (χ0v) is 13.3. The van der Waals surface area contributed by atoms with Crippen molar-refractivity contribution in [3.8, 4) is 5.75 Å². The number of ether oxygens (including phenoxy) is 2. The van der Waals surface area contributed by atoms with Crippen molar-refractivity contribution in [3.63, 3.8) is 0 Å². The summed E-state index contributed by atoms with van der Waals surface area (Å²) in [5.41, 5.74) is 0.426. The van der Waals surface area contributed by atoms with Gasteiger partial charge in [-0.15, -0.1) is 0 Å². The van der Waals surface area contributed by atoms with Gasteiger partial charge in [0.1, 0.15) is 11.8 Å². The molecule has 110 valence electrons. The van der Waals surface area contributed by atoms with Crippen LogP contribution in [0.15, 0.2) is 22.7 Å². The Morgan fingerprint density at radius 2 is 2.05 bits per heavy atom. The molecule has 0 saturated heterocycles. The van der Waals surface area contributed by atoms with Crippen LogP contribution in [0.5, 0.6) is 5.75 Å². The standard InChI is InChI=1S/C14H18BrNO4/c1-4-5-11(14(18)20-3)16-13(17)9-6-7-10(15)12(8-9)19-2/h6-8,11H,4-5H2,1-3H3,(H,16,17)/t11-/m0/s1. The van der Waals surface area contributed by atoms with E-state index in [0.29, 0.717) is 17.7 Å². The minimum Gasteiger partial charge on any atom is -0.496 e. The highest BCUT2D eigenvalue weighted by Crippen LogP contribution is 2.25. The van der Waals surface area contributed by atoms with Gasteiger partial charge in [0.2, 0.25) is 0 Å². The average Bonchev–Trinajstić information content (AvgIpc) is 2.46. The lowest BCUT2D eigenvalue weighted by Crippen LogP contribution is -2.41. The Labute approximate surface area is 126 Å². The molecule has 0 aromatic heterocycles. The average molecular weight is 344 g/mol. The smallest absolute Gasteiger partial charge is 0.328 e. The van der Waals surface area contributed by atoms with Gasteiger partial charge in [-0.3, -0.25) is 4.79 Å². The topological polar surface area (TPSA) is 64.6 Å². The summed E-state index contributed by atoms with van der Waals surface area (Å²) in [6.45, 7) is 1.94. The quantitative estimate of drug-likeness (QED) is 0.806. The summed E-state index contributed by atoms with van der Waals surface area (Å²) >= 11 is 3.32. The van der Waals surface area contributed by atoms with Crippen LogP contribution in [0.3, 0.4) is 0 Å². The number of halogens is 1. The van der Waals surface area contributed by atoms with Gasteiger partial charge >= 0.3 is 5.97 Å². The number of amides is 1. The minimum atomic E-state index is -0.632. The highest BCUT2D eigenvalue weighted by molar-refractivity contribution is 9.10. The number of methoxy groups -OCH3 is 2. The summed E-state index contributed by atoms with van der Waals surface area (Å²) < 4.78 is 10.6. The number of carbonyl (C=O) groups is 2. The molecule has 6 heteroatoms. The van der Waals surface area contributed by atoms with E-state index in [1.165, 1.54) is 14.2 Å². The van der Waals surface area contributed by atoms with E-state index in [1.54, 1.807) is 18.2 Å². The van der Waals surface area contributed by atoms with E-state index in [1.807, 2.05) is 6.92 Å². The van der Waals surface area contributed by atoms with Gasteiger partial charge in [0.05, 0.1) is 18.7 Å². The third-order valence-corrected chi connectivity index (χ3v) is 3.44. The van der Waals surface area contributed by atoms with E-state index in [0.717, 1.165) is 10.9 Å². The van der Waals surface area contributed by atoms with Gasteiger partial charge in [-0.25, -0.2) is 4.79 Å². The molecule has 20 heavy (non-hydrogen) atoms. The van der Waals surface area contributed by atoms with Gasteiger partial charge in [-0.1, -0.05) is 13.3 Å². The lowest BCUT2D eigenvalue weighted by atomic mass is 10.1. The van der Waals surface area contributed by atoms with Crippen molar-refractivity contribution in [2.75, 3.05) is 14.2 Å². The molecule has 5 nitrogen and oxygen atoms in total. The molecule has 0 unspecified atom stereocenters. The van der Waals surface area contributed by atoms with Crippen LogP contribution in [0.4, 0.5) is 0 Å². The molecule has 0 bridgehead atoms. The first-order chi connectivity index (χ1) is 9.53. The number of hydrogen-bond acceptors (Lipinski definition) is 4. The van der Waals surface area contributed by atoms with E-state index in [-0.39, 0.29) is 5.91 Å². The maximum Gasteiger partial charge on any atom is 0.328 e. The molecule has 0 aliphatic carbocycles. The van der Waals surface area contributed by atoms with Gasteiger partial charge in [0, 0.05) is 5.56 Å². The molecule has 0 radical (unpaired) electrons. The van der Waals surface area contributed by atoms with Crippen molar-refractivity contribution in [2.45, 2.75) is 25.8 Å². The van der Waals surface area contributed by atoms with Gasteiger partial charge in [-0.2, -0.15) is 0 Å². The number of hydrogen-bond donors (Lipinski definition) is 1. The predicted molar refractivity (Wildman–Crippen MR) is 78.9 cm³/mol. The first-order valence-electron chi connectivity index (χ1n) is 6.25. The molecule has 1 amide bonds. The fourth-order valence-electron chi connectivity index (χ4n) is 1.72. The maximum atomic E-state index is 12.1. The molecule has 0 aliphatic rings. The van der Waals surface area contributed by atoms with Crippen LogP contribution in [-0.2, 0) is 9.53 Å². The van der Waals surface area contributed by atoms with Crippen molar-refractivity contribution in [2.24, 2.45) is 0 Å². The van der Waals surface area contributed by atoms with Crippen LogP contribution in [0.25, 0.3) is 0 Å². The molecule has 1 atom stereocenters. The van der Waals surface area contributed by atoms with Crippen LogP contribution in [-0.4, -0.2) is 32.1 Å². The molecular formula is C14H18BrNO4. The van der Waals surface area contributed by atoms with E-state index < -0.39 is 12.0 Å². The highest BCUT2D eigenvalue weighted by Gasteiger charge is 2.21. The Balaban J connectivity index is 2.86. The molecule has 0 saturated carbocycles. The Hall–Kier alpha value is -1.56. The Morgan fingerprint density at radius 1 is 1.35 bits per heavy atom. The molecule has 0 fully saturated rings. The monoisotopic (exact) mass is 343 g/mol. The van der Waals surface area contributed by atoms with Gasteiger partial charge < -0.3 is 14.8 Å². The van der Waals surface area contributed by atoms with E-state index in [9.17, 15) is 9.59 Å². The first kappa shape index (κ1) is 16.5. The molecule has 1 N–H and O–H groups in total. The fourth-order valence-corrected chi connectivity index (χ4v) is 2.13. The summed E-state index contributed by atoms with van der Waals surface area (Å²) in [4.78, 5) is 23.7. The number of benzene rings is 1. The molecule has 0 spiro atoms. The van der Waals surface area contributed by atoms with Crippen LogP contribution in [0.1, 0.15) is 30.1 Å².